The third-order valence-electron chi connectivity index (χ3n) is 3.00. The molecule has 3 nitrogen and oxygen atoms in total. The number of rotatable bonds is 2. The molecule has 1 aliphatic heterocycles. The third kappa shape index (κ3) is 3.03. The lowest BCUT2D eigenvalue weighted by Gasteiger charge is -2.23. The number of carbonyl (C=O) groups excluding carboxylic acids is 1. The van der Waals surface area contributed by atoms with E-state index in [1.807, 2.05) is 6.92 Å². The summed E-state index contributed by atoms with van der Waals surface area (Å²) in [5, 5.41) is 6.07. The van der Waals surface area contributed by atoms with Crippen molar-refractivity contribution in [2.45, 2.75) is 25.8 Å². The molecule has 0 radical (unpaired) electrons. The van der Waals surface area contributed by atoms with Crippen LogP contribution in [0, 0.1) is 12.7 Å². The third-order valence-corrected chi connectivity index (χ3v) is 3.00. The number of hydrogen-bond donors (Lipinski definition) is 2. The Labute approximate surface area is 100 Å². The molecule has 1 unspecified atom stereocenters. The van der Waals surface area contributed by atoms with E-state index in [0.29, 0.717) is 0 Å². The minimum Gasteiger partial charge on any atom is -0.348 e. The number of piperidine rings is 1. The van der Waals surface area contributed by atoms with Crippen LogP contribution in [0.25, 0.3) is 0 Å². The first-order valence-corrected chi connectivity index (χ1v) is 5.94. The molecule has 1 aromatic carbocycles. The molecular formula is C13H17FN2O. The van der Waals surface area contributed by atoms with Gasteiger partial charge >= 0.3 is 0 Å². The van der Waals surface area contributed by atoms with Gasteiger partial charge in [-0.15, -0.1) is 0 Å². The number of nitrogens with one attached hydrogen (secondary N) is 2. The van der Waals surface area contributed by atoms with Crippen molar-refractivity contribution in [3.05, 3.63) is 35.1 Å². The Bertz CT molecular complexity index is 414. The van der Waals surface area contributed by atoms with Crippen LogP contribution in [0.15, 0.2) is 18.2 Å². The molecule has 0 aliphatic carbocycles. The van der Waals surface area contributed by atoms with Crippen LogP contribution in [0.3, 0.4) is 0 Å². The minimum absolute atomic E-state index is 0.108. The van der Waals surface area contributed by atoms with Gasteiger partial charge in [0.25, 0.3) is 5.91 Å². The van der Waals surface area contributed by atoms with Gasteiger partial charge < -0.3 is 10.6 Å². The van der Waals surface area contributed by atoms with E-state index in [1.165, 1.54) is 6.07 Å². The summed E-state index contributed by atoms with van der Waals surface area (Å²) in [6.45, 7) is 3.60. The van der Waals surface area contributed by atoms with Crippen LogP contribution in [0.1, 0.15) is 28.8 Å². The average Bonchev–Trinajstić information content (AvgIpc) is 2.33. The first kappa shape index (κ1) is 12.0. The van der Waals surface area contributed by atoms with Crippen molar-refractivity contribution in [3.8, 4) is 0 Å². The number of halogens is 1. The SMILES string of the molecule is Cc1ccc(F)c(C(=O)NC2CCCNC2)c1. The zero-order chi connectivity index (χ0) is 12.3. The quantitative estimate of drug-likeness (QED) is 0.819. The maximum absolute atomic E-state index is 13.5. The molecule has 4 heteroatoms. The van der Waals surface area contributed by atoms with Crippen LogP contribution in [-0.4, -0.2) is 25.0 Å². The summed E-state index contributed by atoms with van der Waals surface area (Å²) in [4.78, 5) is 11.9. The fourth-order valence-corrected chi connectivity index (χ4v) is 2.05. The van der Waals surface area contributed by atoms with Gasteiger partial charge in [0.1, 0.15) is 5.82 Å². The molecule has 1 aromatic rings. The summed E-state index contributed by atoms with van der Waals surface area (Å²) in [7, 11) is 0. The molecule has 17 heavy (non-hydrogen) atoms. The van der Waals surface area contributed by atoms with Crippen LogP contribution in [0.4, 0.5) is 4.39 Å². The molecular weight excluding hydrogens is 219 g/mol. The summed E-state index contributed by atoms with van der Waals surface area (Å²) in [6, 6.07) is 4.69. The average molecular weight is 236 g/mol. The second-order valence-electron chi connectivity index (χ2n) is 4.50. The zero-order valence-corrected chi connectivity index (χ0v) is 9.92. The predicted molar refractivity (Wildman–Crippen MR) is 64.5 cm³/mol. The van der Waals surface area contributed by atoms with Gasteiger partial charge in [-0.1, -0.05) is 11.6 Å². The highest BCUT2D eigenvalue weighted by Crippen LogP contribution is 2.11. The summed E-state index contributed by atoms with van der Waals surface area (Å²) in [5.74, 6) is -0.781. The molecule has 0 aromatic heterocycles. The molecule has 1 saturated heterocycles. The van der Waals surface area contributed by atoms with E-state index in [4.69, 9.17) is 0 Å². The molecule has 2 N–H and O–H groups in total. The largest absolute Gasteiger partial charge is 0.348 e. The highest BCUT2D eigenvalue weighted by molar-refractivity contribution is 5.94. The van der Waals surface area contributed by atoms with E-state index < -0.39 is 5.82 Å². The van der Waals surface area contributed by atoms with Crippen LogP contribution < -0.4 is 10.6 Å². The van der Waals surface area contributed by atoms with E-state index in [2.05, 4.69) is 10.6 Å². The van der Waals surface area contributed by atoms with Crippen molar-refractivity contribution in [1.82, 2.24) is 10.6 Å². The van der Waals surface area contributed by atoms with Crippen molar-refractivity contribution in [2.75, 3.05) is 13.1 Å². The fourth-order valence-electron chi connectivity index (χ4n) is 2.05. The lowest BCUT2D eigenvalue weighted by atomic mass is 10.1. The molecule has 2 rings (SSSR count). The molecule has 1 fully saturated rings. The highest BCUT2D eigenvalue weighted by atomic mass is 19.1. The van der Waals surface area contributed by atoms with Crippen molar-refractivity contribution in [2.24, 2.45) is 0 Å². The maximum Gasteiger partial charge on any atom is 0.254 e. The Balaban J connectivity index is 2.05. The summed E-state index contributed by atoms with van der Waals surface area (Å²) in [6.07, 6.45) is 1.99. The standard InChI is InChI=1S/C13H17FN2O/c1-9-4-5-12(14)11(7-9)13(17)16-10-3-2-6-15-8-10/h4-5,7,10,15H,2-3,6,8H2,1H3,(H,16,17). The number of carbonyl (C=O) groups is 1. The second-order valence-corrected chi connectivity index (χ2v) is 4.50. The van der Waals surface area contributed by atoms with Gasteiger partial charge in [0.15, 0.2) is 0 Å². The summed E-state index contributed by atoms with van der Waals surface area (Å²) in [5.41, 5.74) is 1.02. The molecule has 92 valence electrons. The van der Waals surface area contributed by atoms with E-state index >= 15 is 0 Å². The van der Waals surface area contributed by atoms with Crippen molar-refractivity contribution in [1.29, 1.82) is 0 Å². The monoisotopic (exact) mass is 236 g/mol. The molecule has 1 amide bonds. The first-order valence-electron chi connectivity index (χ1n) is 5.94. The number of hydrogen-bond acceptors (Lipinski definition) is 2. The Kier molecular flexibility index (Phi) is 3.74. The van der Waals surface area contributed by atoms with Gasteiger partial charge in [-0.3, -0.25) is 4.79 Å². The predicted octanol–water partition coefficient (Wildman–Crippen LogP) is 1.62. The topological polar surface area (TPSA) is 41.1 Å². The van der Waals surface area contributed by atoms with Crippen molar-refractivity contribution in [3.63, 3.8) is 0 Å². The molecule has 1 aliphatic rings. The van der Waals surface area contributed by atoms with Crippen LogP contribution in [0.2, 0.25) is 0 Å². The zero-order valence-electron chi connectivity index (χ0n) is 9.92. The Morgan fingerprint density at radius 3 is 3.06 bits per heavy atom. The Hall–Kier alpha value is -1.42. The second kappa shape index (κ2) is 5.27. The summed E-state index contributed by atoms with van der Waals surface area (Å²) >= 11 is 0. The normalized spacial score (nSPS) is 20.0. The number of benzene rings is 1. The number of aryl methyl sites for hydroxylation is 1. The lowest BCUT2D eigenvalue weighted by Crippen LogP contribution is -2.45. The Morgan fingerprint density at radius 1 is 1.53 bits per heavy atom. The highest BCUT2D eigenvalue weighted by Gasteiger charge is 2.18. The van der Waals surface area contributed by atoms with E-state index in [-0.39, 0.29) is 17.5 Å². The van der Waals surface area contributed by atoms with Crippen LogP contribution in [0.5, 0.6) is 0 Å². The van der Waals surface area contributed by atoms with E-state index in [9.17, 15) is 9.18 Å². The van der Waals surface area contributed by atoms with Crippen molar-refractivity contribution < 1.29 is 9.18 Å². The van der Waals surface area contributed by atoms with Gasteiger partial charge in [-0.05, 0) is 38.4 Å². The van der Waals surface area contributed by atoms with Gasteiger partial charge in [0, 0.05) is 12.6 Å². The van der Waals surface area contributed by atoms with Gasteiger partial charge in [0.2, 0.25) is 0 Å². The summed E-state index contributed by atoms with van der Waals surface area (Å²) < 4.78 is 13.5. The van der Waals surface area contributed by atoms with E-state index in [1.54, 1.807) is 12.1 Å². The van der Waals surface area contributed by atoms with Gasteiger partial charge in [-0.2, -0.15) is 0 Å². The van der Waals surface area contributed by atoms with E-state index in [0.717, 1.165) is 31.5 Å². The molecule has 0 bridgehead atoms. The van der Waals surface area contributed by atoms with Gasteiger partial charge in [0.05, 0.1) is 5.56 Å². The molecule has 1 heterocycles. The minimum atomic E-state index is -0.461. The smallest absolute Gasteiger partial charge is 0.254 e. The molecule has 0 spiro atoms. The van der Waals surface area contributed by atoms with Crippen molar-refractivity contribution >= 4 is 5.91 Å². The van der Waals surface area contributed by atoms with Crippen LogP contribution in [-0.2, 0) is 0 Å². The first-order chi connectivity index (χ1) is 8.16. The molecule has 1 atom stereocenters. The number of amides is 1. The fraction of sp³-hybridized carbons (Fsp3) is 0.462. The Morgan fingerprint density at radius 2 is 2.35 bits per heavy atom. The lowest BCUT2D eigenvalue weighted by molar-refractivity contribution is 0.0926. The molecule has 0 saturated carbocycles. The van der Waals surface area contributed by atoms with Crippen LogP contribution >= 0.6 is 0 Å². The van der Waals surface area contributed by atoms with Gasteiger partial charge in [-0.25, -0.2) is 4.39 Å². The maximum atomic E-state index is 13.5.